The number of aryl methyl sites for hydroxylation is 1. The molecule has 0 radical (unpaired) electrons. The Balaban J connectivity index is 1.79. The molecule has 0 N–H and O–H groups in total. The Hall–Kier alpha value is -2.32. The van der Waals surface area contributed by atoms with Crippen molar-refractivity contribution in [2.75, 3.05) is 32.8 Å². The van der Waals surface area contributed by atoms with Gasteiger partial charge in [-0.05, 0) is 37.6 Å². The van der Waals surface area contributed by atoms with E-state index in [0.29, 0.717) is 11.3 Å². The lowest BCUT2D eigenvalue weighted by Crippen LogP contribution is -2.10. The minimum Gasteiger partial charge on any atom is -0.449 e. The van der Waals surface area contributed by atoms with Gasteiger partial charge in [0.15, 0.2) is 0 Å². The van der Waals surface area contributed by atoms with Crippen LogP contribution in [0.4, 0.5) is 0 Å². The van der Waals surface area contributed by atoms with Gasteiger partial charge in [-0.2, -0.15) is 0 Å². The summed E-state index contributed by atoms with van der Waals surface area (Å²) in [4.78, 5) is 14.9. The third-order valence-corrected chi connectivity index (χ3v) is 6.85. The maximum atomic E-state index is 13.0. The molecule has 2 aliphatic heterocycles. The number of ether oxygens (including phenoxy) is 1. The van der Waals surface area contributed by atoms with Gasteiger partial charge in [0.2, 0.25) is 5.76 Å². The van der Waals surface area contributed by atoms with E-state index < -0.39 is 12.6 Å². The number of hydrogen-bond acceptors (Lipinski definition) is 6. The molecule has 0 atom stereocenters. The van der Waals surface area contributed by atoms with Gasteiger partial charge in [-0.1, -0.05) is 6.58 Å². The molecule has 1 aromatic rings. The van der Waals surface area contributed by atoms with E-state index in [2.05, 4.69) is 11.6 Å². The van der Waals surface area contributed by atoms with Crippen LogP contribution in [0, 0.1) is 17.0 Å². The summed E-state index contributed by atoms with van der Waals surface area (Å²) < 4.78 is 28.0. The molecule has 1 aromatic heterocycles. The van der Waals surface area contributed by atoms with Crippen LogP contribution in [0.15, 0.2) is 54.1 Å². The highest BCUT2D eigenvalue weighted by molar-refractivity contribution is 7.54. The molecule has 2 aliphatic rings. The van der Waals surface area contributed by atoms with Crippen LogP contribution >= 0.6 is 7.67 Å². The molecule has 10 heteroatoms. The normalized spacial score (nSPS) is 18.4. The maximum Gasteiger partial charge on any atom is 0.346 e. The van der Waals surface area contributed by atoms with Gasteiger partial charge >= 0.3 is 13.4 Å². The Morgan fingerprint density at radius 2 is 2.00 bits per heavy atom. The lowest BCUT2D eigenvalue weighted by atomic mass is 10.2. The SMILES string of the molecule is C=C/C(=C(\C=C(/C)COP(=O)(N1CC1)N1CC1)Oc1ccc(C)nc1)[N+](=O)[O-]. The second kappa shape index (κ2) is 8.36. The number of pyridine rings is 1. The fourth-order valence-corrected chi connectivity index (χ4v) is 4.70. The zero-order valence-electron chi connectivity index (χ0n) is 15.9. The number of hydrogen-bond donors (Lipinski definition) is 0. The topological polar surface area (TPSA) is 97.6 Å². The van der Waals surface area contributed by atoms with Crippen molar-refractivity contribution in [2.45, 2.75) is 13.8 Å². The molecule has 0 bridgehead atoms. The summed E-state index contributed by atoms with van der Waals surface area (Å²) in [5, 5.41) is 11.4. The monoisotopic (exact) mass is 406 g/mol. The number of allylic oxidation sites excluding steroid dienone is 2. The van der Waals surface area contributed by atoms with E-state index in [1.807, 2.05) is 16.3 Å². The van der Waals surface area contributed by atoms with E-state index >= 15 is 0 Å². The number of rotatable bonds is 10. The first-order valence-electron chi connectivity index (χ1n) is 8.87. The third-order valence-electron chi connectivity index (χ3n) is 4.15. The van der Waals surface area contributed by atoms with Crippen LogP contribution in [-0.4, -0.2) is 52.0 Å². The van der Waals surface area contributed by atoms with Crippen LogP contribution in [0.5, 0.6) is 5.75 Å². The van der Waals surface area contributed by atoms with Crippen molar-refractivity contribution in [1.82, 2.24) is 14.3 Å². The van der Waals surface area contributed by atoms with Gasteiger partial charge in [0.25, 0.3) is 0 Å². The largest absolute Gasteiger partial charge is 0.449 e. The van der Waals surface area contributed by atoms with E-state index in [-0.39, 0.29) is 18.1 Å². The van der Waals surface area contributed by atoms with Gasteiger partial charge in [0.05, 0.1) is 17.7 Å². The summed E-state index contributed by atoms with van der Waals surface area (Å²) in [6, 6.07) is 3.43. The fraction of sp³-hybridized carbons (Fsp3) is 0.389. The van der Waals surface area contributed by atoms with Crippen molar-refractivity contribution in [2.24, 2.45) is 0 Å². The Labute approximate surface area is 163 Å². The van der Waals surface area contributed by atoms with E-state index in [1.54, 1.807) is 19.1 Å². The zero-order chi connectivity index (χ0) is 20.3. The predicted molar refractivity (Wildman–Crippen MR) is 104 cm³/mol. The lowest BCUT2D eigenvalue weighted by molar-refractivity contribution is -0.421. The molecule has 0 aliphatic carbocycles. The second-order valence-electron chi connectivity index (χ2n) is 6.61. The fourth-order valence-electron chi connectivity index (χ4n) is 2.45. The van der Waals surface area contributed by atoms with E-state index in [0.717, 1.165) is 37.9 Å². The molecule has 2 fully saturated rings. The first kappa shape index (κ1) is 20.4. The first-order valence-corrected chi connectivity index (χ1v) is 10.4. The molecular weight excluding hydrogens is 383 g/mol. The van der Waals surface area contributed by atoms with Crippen LogP contribution in [0.1, 0.15) is 12.6 Å². The number of nitro groups is 1. The molecular formula is C18H23N4O5P. The summed E-state index contributed by atoms with van der Waals surface area (Å²) in [6.07, 6.45) is 4.12. The van der Waals surface area contributed by atoms with Crippen molar-refractivity contribution >= 4 is 7.67 Å². The van der Waals surface area contributed by atoms with Gasteiger partial charge in [-0.3, -0.25) is 19.7 Å². The highest BCUT2D eigenvalue weighted by Gasteiger charge is 2.49. The summed E-state index contributed by atoms with van der Waals surface area (Å²) in [7, 11) is -2.96. The minimum atomic E-state index is -2.96. The van der Waals surface area contributed by atoms with Crippen LogP contribution in [0.25, 0.3) is 0 Å². The molecule has 3 heterocycles. The standard InChI is InChI=1S/C18H23N4O5P/c1-4-17(22(23)24)18(27-16-6-5-15(3)19-12-16)11-14(2)13-26-28(25,20-7-8-20)21-9-10-21/h4-6,11-12H,1,7-10,13H2,2-3H3/b14-11+,18-17-. The highest BCUT2D eigenvalue weighted by atomic mass is 31.2. The minimum absolute atomic E-state index is 0.0139. The number of nitrogens with zero attached hydrogens (tertiary/aromatic N) is 4. The second-order valence-corrected chi connectivity index (χ2v) is 8.98. The molecule has 0 unspecified atom stereocenters. The predicted octanol–water partition coefficient (Wildman–Crippen LogP) is 3.15. The molecule has 9 nitrogen and oxygen atoms in total. The maximum absolute atomic E-state index is 13.0. The van der Waals surface area contributed by atoms with Gasteiger partial charge in [0, 0.05) is 37.9 Å². The van der Waals surface area contributed by atoms with Crippen molar-refractivity contribution in [3.8, 4) is 5.75 Å². The molecule has 0 aromatic carbocycles. The lowest BCUT2D eigenvalue weighted by Gasteiger charge is -2.20. The zero-order valence-corrected chi connectivity index (χ0v) is 16.8. The van der Waals surface area contributed by atoms with Gasteiger partial charge in [0.1, 0.15) is 5.75 Å². The molecule has 0 amide bonds. The Kier molecular flexibility index (Phi) is 6.10. The molecule has 0 saturated carbocycles. The molecule has 0 spiro atoms. The van der Waals surface area contributed by atoms with Crippen LogP contribution < -0.4 is 4.74 Å². The van der Waals surface area contributed by atoms with Gasteiger partial charge in [-0.15, -0.1) is 0 Å². The van der Waals surface area contributed by atoms with Crippen LogP contribution in [0.3, 0.4) is 0 Å². The average Bonchev–Trinajstić information content (AvgIpc) is 3.54. The molecule has 150 valence electrons. The van der Waals surface area contributed by atoms with Crippen LogP contribution in [0.2, 0.25) is 0 Å². The quantitative estimate of drug-likeness (QED) is 0.146. The Morgan fingerprint density at radius 1 is 1.36 bits per heavy atom. The van der Waals surface area contributed by atoms with Crippen LogP contribution in [-0.2, 0) is 9.09 Å². The smallest absolute Gasteiger partial charge is 0.346 e. The Bertz CT molecular complexity index is 856. The molecule has 28 heavy (non-hydrogen) atoms. The van der Waals surface area contributed by atoms with Gasteiger partial charge < -0.3 is 9.26 Å². The summed E-state index contributed by atoms with van der Waals surface area (Å²) in [5.41, 5.74) is 1.16. The van der Waals surface area contributed by atoms with Crippen molar-refractivity contribution in [3.63, 3.8) is 0 Å². The first-order chi connectivity index (χ1) is 13.3. The highest BCUT2D eigenvalue weighted by Crippen LogP contribution is 2.61. The summed E-state index contributed by atoms with van der Waals surface area (Å²) in [6.45, 7) is 10.2. The van der Waals surface area contributed by atoms with E-state index in [9.17, 15) is 14.7 Å². The summed E-state index contributed by atoms with van der Waals surface area (Å²) in [5.74, 6) is 0.380. The molecule has 3 rings (SSSR count). The number of aromatic nitrogens is 1. The van der Waals surface area contributed by atoms with E-state index in [1.165, 1.54) is 12.3 Å². The van der Waals surface area contributed by atoms with Crippen molar-refractivity contribution < 1.29 is 18.7 Å². The van der Waals surface area contributed by atoms with Crippen molar-refractivity contribution in [1.29, 1.82) is 0 Å². The van der Waals surface area contributed by atoms with Gasteiger partial charge in [-0.25, -0.2) is 9.34 Å². The van der Waals surface area contributed by atoms with E-state index in [4.69, 9.17) is 9.26 Å². The molecule has 2 saturated heterocycles. The Morgan fingerprint density at radius 3 is 2.46 bits per heavy atom. The third kappa shape index (κ3) is 4.94. The van der Waals surface area contributed by atoms with Crippen molar-refractivity contribution in [3.05, 3.63) is 69.9 Å². The average molecular weight is 406 g/mol. The summed E-state index contributed by atoms with van der Waals surface area (Å²) >= 11 is 0.